The van der Waals surface area contributed by atoms with E-state index in [0.717, 1.165) is 18.8 Å². The molecule has 0 atom stereocenters. The molecule has 0 aliphatic carbocycles. The molecule has 0 radical (unpaired) electrons. The summed E-state index contributed by atoms with van der Waals surface area (Å²) in [6, 6.07) is 30.3. The van der Waals surface area contributed by atoms with E-state index in [1.165, 1.54) is 72.5 Å². The highest BCUT2D eigenvalue weighted by atomic mass is 32.2. The van der Waals surface area contributed by atoms with E-state index in [1.54, 1.807) is 0 Å². The quantitative estimate of drug-likeness (QED) is 0.139. The van der Waals surface area contributed by atoms with Crippen LogP contribution in [-0.2, 0) is 15.7 Å². The number of carbonyl (C=O) groups excluding carboxylic acids is 1. The van der Waals surface area contributed by atoms with Crippen LogP contribution in [0.3, 0.4) is 0 Å². The molecule has 0 heterocycles. The van der Waals surface area contributed by atoms with Crippen molar-refractivity contribution in [2.45, 2.75) is 92.0 Å². The molecule has 3 rings (SSSR count). The van der Waals surface area contributed by atoms with Crippen molar-refractivity contribution >= 4 is 16.9 Å². The van der Waals surface area contributed by atoms with Crippen LogP contribution in [0.15, 0.2) is 99.6 Å². The highest BCUT2D eigenvalue weighted by Gasteiger charge is 2.29. The minimum atomic E-state index is -5.19. The third kappa shape index (κ3) is 13.1. The number of hydrogen-bond acceptors (Lipinski definition) is 3. The van der Waals surface area contributed by atoms with Crippen molar-refractivity contribution in [3.8, 4) is 5.75 Å². The van der Waals surface area contributed by atoms with Gasteiger partial charge in [-0.25, -0.2) is 0 Å². The molecule has 39 heavy (non-hydrogen) atoms. The third-order valence-electron chi connectivity index (χ3n) is 6.02. The zero-order valence-corrected chi connectivity index (χ0v) is 23.4. The molecule has 3 aromatic carbocycles. The summed E-state index contributed by atoms with van der Waals surface area (Å²) in [5.74, 6) is -2.03. The van der Waals surface area contributed by atoms with Crippen molar-refractivity contribution in [1.82, 2.24) is 0 Å². The van der Waals surface area contributed by atoms with Crippen LogP contribution in [0, 0.1) is 0 Å². The summed E-state index contributed by atoms with van der Waals surface area (Å²) in [6.45, 7) is 3.10. The maximum Gasteiger partial charge on any atom is 0.430 e. The van der Waals surface area contributed by atoms with Crippen molar-refractivity contribution in [3.63, 3.8) is 0 Å². The Kier molecular flexibility index (Phi) is 15.2. The van der Waals surface area contributed by atoms with Gasteiger partial charge in [-0.2, -0.15) is 13.2 Å². The molecule has 212 valence electrons. The summed E-state index contributed by atoms with van der Waals surface area (Å²) in [5, 5.41) is 8.78. The average Bonchev–Trinajstić information content (AvgIpc) is 2.94. The second-order valence-corrected chi connectivity index (χ2v) is 11.2. The Hall–Kier alpha value is -2.93. The first-order valence-corrected chi connectivity index (χ1v) is 14.9. The zero-order valence-electron chi connectivity index (χ0n) is 22.6. The Balaban J connectivity index is 0.000000673. The smallest absolute Gasteiger partial charge is 0.430 e. The van der Waals surface area contributed by atoms with Gasteiger partial charge in [-0.15, -0.1) is 0 Å². The maximum absolute atomic E-state index is 10.5. The Bertz CT molecular complexity index is 1000. The number of carbonyl (C=O) groups is 1. The molecular weight excluding hydrogens is 521 g/mol. The number of rotatable bonds is 15. The normalized spacial score (nSPS) is 11.1. The summed E-state index contributed by atoms with van der Waals surface area (Å²) < 4.78 is 37.6. The van der Waals surface area contributed by atoms with Crippen LogP contribution in [0.1, 0.15) is 71.1 Å². The van der Waals surface area contributed by atoms with E-state index < -0.39 is 12.1 Å². The fourth-order valence-electron chi connectivity index (χ4n) is 3.97. The number of ether oxygens (including phenoxy) is 1. The zero-order chi connectivity index (χ0) is 28.3. The van der Waals surface area contributed by atoms with Crippen LogP contribution >= 0.6 is 0 Å². The first kappa shape index (κ1) is 32.3. The molecule has 3 nitrogen and oxygen atoms in total. The van der Waals surface area contributed by atoms with Crippen LogP contribution < -0.4 is 9.84 Å². The number of carboxylic acid groups (broad SMARTS) is 1. The van der Waals surface area contributed by atoms with Gasteiger partial charge in [0.2, 0.25) is 0 Å². The molecule has 0 aliphatic rings. The summed E-state index contributed by atoms with van der Waals surface area (Å²) >= 11 is 0. The topological polar surface area (TPSA) is 49.4 Å². The van der Waals surface area contributed by atoms with E-state index in [4.69, 9.17) is 14.6 Å². The van der Waals surface area contributed by atoms with E-state index in [1.807, 2.05) is 0 Å². The molecule has 7 heteroatoms. The van der Waals surface area contributed by atoms with Gasteiger partial charge in [-0.05, 0) is 55.0 Å². The number of alkyl halides is 3. The van der Waals surface area contributed by atoms with Crippen molar-refractivity contribution < 1.29 is 27.8 Å². The number of carboxylic acids is 1. The largest absolute Gasteiger partial charge is 0.542 e. The highest BCUT2D eigenvalue weighted by Crippen LogP contribution is 2.32. The molecule has 0 spiro atoms. The first-order chi connectivity index (χ1) is 18.8. The SMILES string of the molecule is CCCCCCCCCCCCOc1ccc([S+](c2ccccc2)c2ccccc2)cc1.O=C([O-])C(F)(F)F. The number of unbranched alkanes of at least 4 members (excludes halogenated alkanes) is 9. The van der Waals surface area contributed by atoms with Gasteiger partial charge in [0.15, 0.2) is 14.7 Å². The van der Waals surface area contributed by atoms with E-state index in [-0.39, 0.29) is 10.9 Å². The Labute approximate surface area is 233 Å². The number of halogens is 3. The predicted molar refractivity (Wildman–Crippen MR) is 150 cm³/mol. The van der Waals surface area contributed by atoms with E-state index >= 15 is 0 Å². The molecule has 0 amide bonds. The number of benzene rings is 3. The van der Waals surface area contributed by atoms with Crippen molar-refractivity contribution in [2.24, 2.45) is 0 Å². The molecule has 0 saturated heterocycles. The maximum atomic E-state index is 10.5. The first-order valence-electron chi connectivity index (χ1n) is 13.7. The fraction of sp³-hybridized carbons (Fsp3) is 0.406. The van der Waals surface area contributed by atoms with E-state index in [2.05, 4.69) is 91.9 Å². The number of hydrogen-bond donors (Lipinski definition) is 0. The van der Waals surface area contributed by atoms with Crippen molar-refractivity contribution in [1.29, 1.82) is 0 Å². The summed E-state index contributed by atoms with van der Waals surface area (Å²) in [6.07, 6.45) is 8.34. The molecule has 0 N–H and O–H groups in total. The molecule has 3 aromatic rings. The van der Waals surface area contributed by atoms with Gasteiger partial charge in [0.05, 0.1) is 17.5 Å². The molecule has 0 bridgehead atoms. The van der Waals surface area contributed by atoms with Gasteiger partial charge in [0.25, 0.3) is 0 Å². The van der Waals surface area contributed by atoms with Crippen LogP contribution in [0.5, 0.6) is 5.75 Å². The van der Waals surface area contributed by atoms with Gasteiger partial charge in [-0.3, -0.25) is 0 Å². The van der Waals surface area contributed by atoms with E-state index in [9.17, 15) is 13.2 Å². The second-order valence-electron chi connectivity index (χ2n) is 9.22. The lowest BCUT2D eigenvalue weighted by Gasteiger charge is -2.10. The van der Waals surface area contributed by atoms with Gasteiger partial charge in [0, 0.05) is 0 Å². The Morgan fingerprint density at radius 2 is 1.05 bits per heavy atom. The minimum absolute atomic E-state index is 0.0938. The molecule has 0 saturated carbocycles. The lowest BCUT2D eigenvalue weighted by Crippen LogP contribution is -2.37. The van der Waals surface area contributed by atoms with Gasteiger partial charge in [-0.1, -0.05) is 101 Å². The Morgan fingerprint density at radius 3 is 1.46 bits per heavy atom. The molecular formula is C32H39F3O3S. The molecule has 0 unspecified atom stereocenters. The van der Waals surface area contributed by atoms with Gasteiger partial charge in [0.1, 0.15) is 11.7 Å². The van der Waals surface area contributed by atoms with Crippen LogP contribution in [0.2, 0.25) is 0 Å². The lowest BCUT2D eigenvalue weighted by molar-refractivity contribution is -0.344. The predicted octanol–water partition coefficient (Wildman–Crippen LogP) is 8.38. The van der Waals surface area contributed by atoms with E-state index in [0.29, 0.717) is 0 Å². The molecule has 0 fully saturated rings. The summed E-state index contributed by atoms with van der Waals surface area (Å²) in [5.41, 5.74) is 0. The van der Waals surface area contributed by atoms with Crippen molar-refractivity contribution in [3.05, 3.63) is 84.9 Å². The Morgan fingerprint density at radius 1 is 0.667 bits per heavy atom. The molecule has 0 aromatic heterocycles. The monoisotopic (exact) mass is 560 g/mol. The van der Waals surface area contributed by atoms with Gasteiger partial charge < -0.3 is 14.6 Å². The van der Waals surface area contributed by atoms with Gasteiger partial charge >= 0.3 is 6.18 Å². The summed E-state index contributed by atoms with van der Waals surface area (Å²) in [7, 11) is -0.0938. The number of aliphatic carboxylic acids is 1. The standard InChI is InChI=1S/C30H39OS.C2HF3O2/c1-2-3-4-5-6-7-8-9-10-17-26-31-27-22-24-30(25-23-27)32(28-18-13-11-14-19-28)29-20-15-12-16-21-29;3-2(4,5)1(6)7/h11-16,18-25H,2-10,17,26H2,1H3;(H,6,7)/q+1;/p-1. The second kappa shape index (κ2) is 18.4. The van der Waals surface area contributed by atoms with Crippen LogP contribution in [-0.4, -0.2) is 18.8 Å². The van der Waals surface area contributed by atoms with Crippen LogP contribution in [0.4, 0.5) is 13.2 Å². The third-order valence-corrected chi connectivity index (χ3v) is 8.25. The average molecular weight is 561 g/mol. The highest BCUT2D eigenvalue weighted by molar-refractivity contribution is 7.97. The fourth-order valence-corrected chi connectivity index (χ4v) is 6.06. The minimum Gasteiger partial charge on any atom is -0.542 e. The summed E-state index contributed by atoms with van der Waals surface area (Å²) in [4.78, 5) is 12.8. The van der Waals surface area contributed by atoms with Crippen LogP contribution in [0.25, 0.3) is 0 Å². The molecule has 0 aliphatic heterocycles. The van der Waals surface area contributed by atoms with Crippen molar-refractivity contribution in [2.75, 3.05) is 6.61 Å². The lowest BCUT2D eigenvalue weighted by atomic mass is 10.1.